The third-order valence-corrected chi connectivity index (χ3v) is 5.13. The molecule has 0 unspecified atom stereocenters. The molecule has 0 aliphatic rings. The van der Waals surface area contributed by atoms with E-state index in [1.807, 2.05) is 13.0 Å². The first-order valence-corrected chi connectivity index (χ1v) is 9.56. The van der Waals surface area contributed by atoms with Gasteiger partial charge < -0.3 is 9.67 Å². The molecule has 5 nitrogen and oxygen atoms in total. The molecule has 0 atom stereocenters. The van der Waals surface area contributed by atoms with E-state index < -0.39 is 5.97 Å². The Kier molecular flexibility index (Phi) is 5.86. The van der Waals surface area contributed by atoms with Crippen molar-refractivity contribution in [2.24, 2.45) is 0 Å². The highest BCUT2D eigenvalue weighted by molar-refractivity contribution is 7.99. The van der Waals surface area contributed by atoms with Crippen molar-refractivity contribution in [2.45, 2.75) is 18.5 Å². The standard InChI is InChI=1S/C18H15Cl2N3O2S/c1-2-26-17-15(18(24)25)23(10-12-8-13(19)5-6-14(12)20)16(22-17)11-4-3-7-21-9-11/h3-9H,2,10H2,1H3,(H,24,25). The Morgan fingerprint density at radius 1 is 1.31 bits per heavy atom. The summed E-state index contributed by atoms with van der Waals surface area (Å²) in [4.78, 5) is 20.6. The summed E-state index contributed by atoms with van der Waals surface area (Å²) in [5, 5.41) is 11.3. The van der Waals surface area contributed by atoms with E-state index in [0.717, 1.165) is 11.1 Å². The van der Waals surface area contributed by atoms with Crippen LogP contribution >= 0.6 is 35.0 Å². The van der Waals surface area contributed by atoms with Gasteiger partial charge in [-0.15, -0.1) is 11.8 Å². The molecule has 0 saturated heterocycles. The predicted molar refractivity (Wildman–Crippen MR) is 104 cm³/mol. The van der Waals surface area contributed by atoms with Gasteiger partial charge in [-0.25, -0.2) is 9.78 Å². The van der Waals surface area contributed by atoms with Crippen molar-refractivity contribution in [1.82, 2.24) is 14.5 Å². The number of carboxylic acids is 1. The fraction of sp³-hybridized carbons (Fsp3) is 0.167. The third kappa shape index (κ3) is 3.87. The van der Waals surface area contributed by atoms with Crippen molar-refractivity contribution in [3.8, 4) is 11.4 Å². The molecule has 2 aromatic heterocycles. The minimum absolute atomic E-state index is 0.131. The summed E-state index contributed by atoms with van der Waals surface area (Å²) >= 11 is 13.8. The van der Waals surface area contributed by atoms with Gasteiger partial charge in [0.2, 0.25) is 0 Å². The lowest BCUT2D eigenvalue weighted by Crippen LogP contribution is -2.12. The second-order valence-corrected chi connectivity index (χ2v) is 7.49. The number of carboxylic acid groups (broad SMARTS) is 1. The van der Waals surface area contributed by atoms with Crippen LogP contribution in [0.5, 0.6) is 0 Å². The highest BCUT2D eigenvalue weighted by atomic mass is 35.5. The van der Waals surface area contributed by atoms with Crippen molar-refractivity contribution < 1.29 is 9.90 Å². The molecule has 1 N–H and O–H groups in total. The highest BCUT2D eigenvalue weighted by Crippen LogP contribution is 2.31. The maximum absolute atomic E-state index is 12.0. The van der Waals surface area contributed by atoms with Gasteiger partial charge in [-0.05, 0) is 41.6 Å². The van der Waals surface area contributed by atoms with Gasteiger partial charge in [-0.1, -0.05) is 30.1 Å². The van der Waals surface area contributed by atoms with Crippen LogP contribution in [0.25, 0.3) is 11.4 Å². The molecule has 3 rings (SSSR count). The van der Waals surface area contributed by atoms with Crippen LogP contribution in [0, 0.1) is 0 Å². The van der Waals surface area contributed by atoms with E-state index in [1.54, 1.807) is 41.2 Å². The van der Waals surface area contributed by atoms with Gasteiger partial charge in [-0.2, -0.15) is 0 Å². The van der Waals surface area contributed by atoms with Crippen LogP contribution in [-0.4, -0.2) is 31.4 Å². The molecule has 0 fully saturated rings. The van der Waals surface area contributed by atoms with Crippen LogP contribution in [-0.2, 0) is 6.54 Å². The Morgan fingerprint density at radius 3 is 2.77 bits per heavy atom. The lowest BCUT2D eigenvalue weighted by atomic mass is 10.2. The Morgan fingerprint density at radius 2 is 2.12 bits per heavy atom. The summed E-state index contributed by atoms with van der Waals surface area (Å²) in [6, 6.07) is 8.75. The zero-order chi connectivity index (χ0) is 18.7. The van der Waals surface area contributed by atoms with Gasteiger partial charge >= 0.3 is 5.97 Å². The normalized spacial score (nSPS) is 10.9. The van der Waals surface area contributed by atoms with Crippen LogP contribution in [0.4, 0.5) is 0 Å². The minimum atomic E-state index is -1.04. The number of benzene rings is 1. The van der Waals surface area contributed by atoms with Gasteiger partial charge in [0.25, 0.3) is 0 Å². The number of rotatable bonds is 6. The first kappa shape index (κ1) is 18.8. The minimum Gasteiger partial charge on any atom is -0.476 e. The number of halogens is 2. The number of carbonyl (C=O) groups is 1. The number of hydrogen-bond donors (Lipinski definition) is 1. The summed E-state index contributed by atoms with van der Waals surface area (Å²) < 4.78 is 1.65. The molecular formula is C18H15Cl2N3O2S. The number of hydrogen-bond acceptors (Lipinski definition) is 4. The summed E-state index contributed by atoms with van der Waals surface area (Å²) in [5.41, 5.74) is 1.58. The first-order chi connectivity index (χ1) is 12.5. The van der Waals surface area contributed by atoms with Crippen LogP contribution in [0.1, 0.15) is 23.0 Å². The first-order valence-electron chi connectivity index (χ1n) is 7.82. The van der Waals surface area contributed by atoms with Gasteiger partial charge in [0.15, 0.2) is 5.69 Å². The lowest BCUT2D eigenvalue weighted by molar-refractivity contribution is 0.0681. The van der Waals surface area contributed by atoms with E-state index in [0.29, 0.717) is 26.6 Å². The molecule has 0 spiro atoms. The van der Waals surface area contributed by atoms with E-state index in [2.05, 4.69) is 9.97 Å². The number of aromatic nitrogens is 3. The number of imidazole rings is 1. The van der Waals surface area contributed by atoms with Gasteiger partial charge in [-0.3, -0.25) is 4.98 Å². The molecular weight excluding hydrogens is 393 g/mol. The van der Waals surface area contributed by atoms with Gasteiger partial charge in [0, 0.05) is 28.0 Å². The zero-order valence-corrected chi connectivity index (χ0v) is 16.1. The Labute approximate surface area is 165 Å². The zero-order valence-electron chi connectivity index (χ0n) is 13.8. The highest BCUT2D eigenvalue weighted by Gasteiger charge is 2.24. The second-order valence-electron chi connectivity index (χ2n) is 5.39. The molecule has 0 radical (unpaired) electrons. The fourth-order valence-electron chi connectivity index (χ4n) is 2.58. The van der Waals surface area contributed by atoms with Crippen molar-refractivity contribution in [3.05, 3.63) is 64.0 Å². The average Bonchev–Trinajstić information content (AvgIpc) is 2.97. The van der Waals surface area contributed by atoms with E-state index in [1.165, 1.54) is 11.8 Å². The Bertz CT molecular complexity index is 945. The molecule has 0 aliphatic carbocycles. The Hall–Kier alpha value is -2.02. The topological polar surface area (TPSA) is 68.0 Å². The molecule has 0 amide bonds. The van der Waals surface area contributed by atoms with E-state index in [-0.39, 0.29) is 12.2 Å². The van der Waals surface area contributed by atoms with Crippen molar-refractivity contribution in [1.29, 1.82) is 0 Å². The molecule has 0 bridgehead atoms. The maximum atomic E-state index is 12.0. The molecule has 0 aliphatic heterocycles. The van der Waals surface area contributed by atoms with E-state index >= 15 is 0 Å². The Balaban J connectivity index is 2.20. The van der Waals surface area contributed by atoms with Crippen LogP contribution in [0.2, 0.25) is 10.0 Å². The predicted octanol–water partition coefficient (Wildman–Crippen LogP) is 5.11. The monoisotopic (exact) mass is 407 g/mol. The van der Waals surface area contributed by atoms with E-state index in [9.17, 15) is 9.90 Å². The fourth-order valence-corrected chi connectivity index (χ4v) is 3.71. The number of nitrogens with zero attached hydrogens (tertiary/aromatic N) is 3. The summed E-state index contributed by atoms with van der Waals surface area (Å²) in [5.74, 6) is 0.200. The average molecular weight is 408 g/mol. The quantitative estimate of drug-likeness (QED) is 0.574. The third-order valence-electron chi connectivity index (χ3n) is 3.68. The summed E-state index contributed by atoms with van der Waals surface area (Å²) in [7, 11) is 0. The lowest BCUT2D eigenvalue weighted by Gasteiger charge is -2.12. The van der Waals surface area contributed by atoms with Crippen LogP contribution in [0.3, 0.4) is 0 Å². The van der Waals surface area contributed by atoms with Crippen molar-refractivity contribution in [2.75, 3.05) is 5.75 Å². The second kappa shape index (κ2) is 8.12. The van der Waals surface area contributed by atoms with Gasteiger partial charge in [0.1, 0.15) is 10.9 Å². The smallest absolute Gasteiger partial charge is 0.355 e. The SMILES string of the molecule is CCSc1nc(-c2cccnc2)n(Cc2cc(Cl)ccc2Cl)c1C(=O)O. The largest absolute Gasteiger partial charge is 0.476 e. The number of thioether (sulfide) groups is 1. The van der Waals surface area contributed by atoms with Gasteiger partial charge in [0.05, 0.1) is 6.54 Å². The molecule has 0 saturated carbocycles. The maximum Gasteiger partial charge on any atom is 0.355 e. The molecule has 1 aromatic carbocycles. The molecule has 26 heavy (non-hydrogen) atoms. The van der Waals surface area contributed by atoms with Crippen molar-refractivity contribution >= 4 is 40.9 Å². The molecule has 134 valence electrons. The summed E-state index contributed by atoms with van der Waals surface area (Å²) in [6.07, 6.45) is 3.31. The van der Waals surface area contributed by atoms with Crippen LogP contribution < -0.4 is 0 Å². The van der Waals surface area contributed by atoms with E-state index in [4.69, 9.17) is 23.2 Å². The number of aromatic carboxylic acids is 1. The summed E-state index contributed by atoms with van der Waals surface area (Å²) in [6.45, 7) is 2.19. The number of pyridine rings is 1. The molecule has 2 heterocycles. The van der Waals surface area contributed by atoms with Crippen molar-refractivity contribution in [3.63, 3.8) is 0 Å². The molecule has 8 heteroatoms. The van der Waals surface area contributed by atoms with Crippen LogP contribution in [0.15, 0.2) is 47.8 Å². The molecule has 3 aromatic rings.